The van der Waals surface area contributed by atoms with Crippen LogP contribution in [0.5, 0.6) is 5.75 Å². The van der Waals surface area contributed by atoms with Crippen LogP contribution in [0.3, 0.4) is 0 Å². The van der Waals surface area contributed by atoms with Crippen molar-refractivity contribution < 1.29 is 14.8 Å². The number of allylic oxidation sites excluding steroid dienone is 2. The van der Waals surface area contributed by atoms with E-state index in [1.54, 1.807) is 6.20 Å². The van der Waals surface area contributed by atoms with Crippen LogP contribution in [0.25, 0.3) is 11.6 Å². The highest BCUT2D eigenvalue weighted by Crippen LogP contribution is 2.28. The zero-order chi connectivity index (χ0) is 18.5. The lowest BCUT2D eigenvalue weighted by Crippen LogP contribution is -2.27. The van der Waals surface area contributed by atoms with Gasteiger partial charge in [-0.2, -0.15) is 0 Å². The lowest BCUT2D eigenvalue weighted by Gasteiger charge is -2.20. The average Bonchev–Trinajstić information content (AvgIpc) is 2.64. The molecule has 1 aliphatic heterocycles. The van der Waals surface area contributed by atoms with E-state index in [9.17, 15) is 10.1 Å². The van der Waals surface area contributed by atoms with Crippen molar-refractivity contribution in [2.45, 2.75) is 39.1 Å². The molecule has 0 radical (unpaired) electrons. The van der Waals surface area contributed by atoms with Gasteiger partial charge in [-0.3, -0.25) is 4.98 Å². The number of phenols is 1. The van der Waals surface area contributed by atoms with Crippen molar-refractivity contribution in [3.8, 4) is 5.75 Å². The van der Waals surface area contributed by atoms with Crippen molar-refractivity contribution in [2.24, 2.45) is 0 Å². The first-order valence-corrected chi connectivity index (χ1v) is 8.95. The fourth-order valence-corrected chi connectivity index (χ4v) is 3.21. The van der Waals surface area contributed by atoms with Crippen LogP contribution in [-0.4, -0.2) is 28.3 Å². The van der Waals surface area contributed by atoms with Gasteiger partial charge >= 0.3 is 7.12 Å². The molecule has 2 heterocycles. The summed E-state index contributed by atoms with van der Waals surface area (Å²) in [7, 11) is -0.713. The molecule has 2 N–H and O–H groups in total. The van der Waals surface area contributed by atoms with Crippen molar-refractivity contribution in [1.29, 1.82) is 0 Å². The number of hydrogen-bond acceptors (Lipinski definition) is 4. The second-order valence-corrected chi connectivity index (χ2v) is 6.72. The third-order valence-corrected chi connectivity index (χ3v) is 4.57. The first-order chi connectivity index (χ1) is 12.5. The van der Waals surface area contributed by atoms with E-state index < -0.39 is 7.12 Å². The van der Waals surface area contributed by atoms with Gasteiger partial charge in [0, 0.05) is 12.5 Å². The summed E-state index contributed by atoms with van der Waals surface area (Å²) in [6.45, 7) is 3.81. The van der Waals surface area contributed by atoms with Gasteiger partial charge in [0.1, 0.15) is 5.75 Å². The number of aromatic hydroxyl groups is 1. The maximum Gasteiger partial charge on any atom is 0.458 e. The molecule has 0 spiro atoms. The van der Waals surface area contributed by atoms with Crippen molar-refractivity contribution in [1.82, 2.24) is 4.98 Å². The van der Waals surface area contributed by atoms with Crippen molar-refractivity contribution in [3.05, 3.63) is 71.1 Å². The third-order valence-electron chi connectivity index (χ3n) is 4.57. The molecule has 1 atom stereocenters. The molecule has 26 heavy (non-hydrogen) atoms. The Kier molecular flexibility index (Phi) is 5.91. The summed E-state index contributed by atoms with van der Waals surface area (Å²) in [5, 5.41) is 19.7. The topological polar surface area (TPSA) is 62.6 Å². The van der Waals surface area contributed by atoms with E-state index in [1.165, 1.54) is 0 Å². The molecule has 1 aromatic heterocycles. The minimum Gasteiger partial charge on any atom is -0.507 e. The molecule has 4 nitrogen and oxygen atoms in total. The van der Waals surface area contributed by atoms with Crippen LogP contribution in [-0.2, 0) is 4.65 Å². The quantitative estimate of drug-likeness (QED) is 0.629. The Morgan fingerprint density at radius 1 is 1.31 bits per heavy atom. The highest BCUT2D eigenvalue weighted by atomic mass is 16.5. The number of benzene rings is 1. The average molecular weight is 349 g/mol. The number of aromatic nitrogens is 1. The smallest absolute Gasteiger partial charge is 0.458 e. The second-order valence-electron chi connectivity index (χ2n) is 6.72. The molecule has 1 aromatic carbocycles. The number of pyridine rings is 1. The van der Waals surface area contributed by atoms with E-state index >= 15 is 0 Å². The molecule has 1 aliphatic rings. The summed E-state index contributed by atoms with van der Waals surface area (Å²) < 4.78 is 5.56. The predicted octanol–water partition coefficient (Wildman–Crippen LogP) is 4.16. The Bertz CT molecular complexity index is 794. The molecule has 0 saturated heterocycles. The Labute approximate surface area is 155 Å². The molecule has 2 aromatic rings. The number of rotatable bonds is 5. The number of hydrogen-bond donors (Lipinski definition) is 2. The monoisotopic (exact) mass is 349 g/mol. The molecule has 0 fully saturated rings. The fourth-order valence-electron chi connectivity index (χ4n) is 3.21. The van der Waals surface area contributed by atoms with Crippen LogP contribution in [0.2, 0.25) is 6.32 Å². The van der Waals surface area contributed by atoms with Crippen molar-refractivity contribution in [3.63, 3.8) is 0 Å². The lowest BCUT2D eigenvalue weighted by atomic mass is 9.82. The molecule has 0 saturated carbocycles. The van der Waals surface area contributed by atoms with E-state index in [0.29, 0.717) is 12.1 Å². The number of nitrogens with zero attached hydrogens (tertiary/aromatic N) is 1. The van der Waals surface area contributed by atoms with E-state index in [0.717, 1.165) is 40.8 Å². The van der Waals surface area contributed by atoms with E-state index in [2.05, 4.69) is 11.1 Å². The number of phenolic OH excluding ortho intramolecular Hbond substituents is 1. The standard InChI is InChI=1S/C21H24BNO3/c1-15-12-17(13-16(2)21(15)24)14-18(20-7-3-4-11-23-20)8-9-19-6-5-10-22(25)26-19/h3-7,11-14,19,24-25H,8-10H2,1-2H3/b18-14-/t19-/m0/s1. The van der Waals surface area contributed by atoms with Crippen LogP contribution in [0.4, 0.5) is 0 Å². The van der Waals surface area contributed by atoms with E-state index in [-0.39, 0.29) is 6.10 Å². The summed E-state index contributed by atoms with van der Waals surface area (Å²) in [6, 6.07) is 9.83. The Hall–Kier alpha value is -2.37. The normalized spacial score (nSPS) is 17.6. The first-order valence-electron chi connectivity index (χ1n) is 8.95. The Morgan fingerprint density at radius 2 is 2.08 bits per heavy atom. The zero-order valence-electron chi connectivity index (χ0n) is 15.2. The Morgan fingerprint density at radius 3 is 2.73 bits per heavy atom. The first kappa shape index (κ1) is 18.4. The second kappa shape index (κ2) is 8.34. The third kappa shape index (κ3) is 4.62. The SMILES string of the molecule is Cc1cc(/C=C(/CC[C@@H]2C=CCB(O)O2)c2ccccn2)cc(C)c1O. The van der Waals surface area contributed by atoms with E-state index in [4.69, 9.17) is 4.65 Å². The molecule has 0 bridgehead atoms. The summed E-state index contributed by atoms with van der Waals surface area (Å²) in [6.07, 6.45) is 9.89. The largest absolute Gasteiger partial charge is 0.507 e. The van der Waals surface area contributed by atoms with E-state index in [1.807, 2.05) is 56.3 Å². The fraction of sp³-hybridized carbons (Fsp3) is 0.286. The summed E-state index contributed by atoms with van der Waals surface area (Å²) >= 11 is 0. The highest BCUT2D eigenvalue weighted by Gasteiger charge is 2.21. The maximum atomic E-state index is 10.00. The zero-order valence-corrected chi connectivity index (χ0v) is 15.2. The molecule has 3 rings (SSSR count). The van der Waals surface area contributed by atoms with Gasteiger partial charge in [-0.1, -0.05) is 18.2 Å². The van der Waals surface area contributed by atoms with Crippen molar-refractivity contribution >= 4 is 18.8 Å². The minimum atomic E-state index is -0.713. The summed E-state index contributed by atoms with van der Waals surface area (Å²) in [4.78, 5) is 4.49. The maximum absolute atomic E-state index is 10.00. The predicted molar refractivity (Wildman–Crippen MR) is 106 cm³/mol. The molecule has 0 amide bonds. The minimum absolute atomic E-state index is 0.0887. The van der Waals surface area contributed by atoms with Gasteiger partial charge in [0.2, 0.25) is 0 Å². The van der Waals surface area contributed by atoms with Gasteiger partial charge in [0.25, 0.3) is 0 Å². The van der Waals surface area contributed by atoms with Crippen LogP contribution in [0, 0.1) is 13.8 Å². The molecule has 134 valence electrons. The summed E-state index contributed by atoms with van der Waals surface area (Å²) in [5.74, 6) is 0.344. The Balaban J connectivity index is 1.86. The van der Waals surface area contributed by atoms with Crippen LogP contribution < -0.4 is 0 Å². The van der Waals surface area contributed by atoms with Gasteiger partial charge in [-0.05, 0) is 79.3 Å². The molecule has 0 unspecified atom stereocenters. The van der Waals surface area contributed by atoms with Gasteiger partial charge in [0.05, 0.1) is 11.8 Å². The molecule has 5 heteroatoms. The van der Waals surface area contributed by atoms with Crippen molar-refractivity contribution in [2.75, 3.05) is 0 Å². The lowest BCUT2D eigenvalue weighted by molar-refractivity contribution is 0.193. The van der Waals surface area contributed by atoms with Gasteiger partial charge in [-0.25, -0.2) is 0 Å². The van der Waals surface area contributed by atoms with Crippen LogP contribution in [0.1, 0.15) is 35.2 Å². The molecule has 0 aliphatic carbocycles. The number of aryl methyl sites for hydroxylation is 2. The van der Waals surface area contributed by atoms with Crippen LogP contribution in [0.15, 0.2) is 48.7 Å². The van der Waals surface area contributed by atoms with Gasteiger partial charge in [-0.15, -0.1) is 0 Å². The summed E-state index contributed by atoms with van der Waals surface area (Å²) in [5.41, 5.74) is 4.79. The van der Waals surface area contributed by atoms with Gasteiger partial charge < -0.3 is 14.8 Å². The van der Waals surface area contributed by atoms with Gasteiger partial charge in [0.15, 0.2) is 0 Å². The molecular formula is C21H24BNO3. The molecular weight excluding hydrogens is 325 g/mol. The highest BCUT2D eigenvalue weighted by molar-refractivity contribution is 6.43. The van der Waals surface area contributed by atoms with Crippen LogP contribution >= 0.6 is 0 Å².